The van der Waals surface area contributed by atoms with Crippen LogP contribution in [0.15, 0.2) is 60.7 Å². The van der Waals surface area contributed by atoms with E-state index in [1.807, 2.05) is 60.7 Å². The molecule has 0 bridgehead atoms. The highest BCUT2D eigenvalue weighted by Gasteiger charge is 2.27. The molecule has 0 aromatic heterocycles. The van der Waals surface area contributed by atoms with Crippen molar-refractivity contribution in [3.63, 3.8) is 0 Å². The first kappa shape index (κ1) is 15.9. The average molecular weight is 328 g/mol. The number of thioether (sulfide) groups is 1. The van der Waals surface area contributed by atoms with Gasteiger partial charge in [0.15, 0.2) is 0 Å². The molecule has 1 aliphatic heterocycles. The standard InChI is InChI=1S/C18H20N2O2S/c21-16-11-12-23-17(15-9-5-2-6-10-15)19-18(22)20(16)13-14-7-3-1-4-8-14/h1-10,16-17,21H,11-13H2,(H,19,22)/t16?,17-/m0/s1. The summed E-state index contributed by atoms with van der Waals surface area (Å²) in [5.74, 6) is 0.784. The van der Waals surface area contributed by atoms with Crippen molar-refractivity contribution in [1.29, 1.82) is 0 Å². The zero-order valence-corrected chi connectivity index (χ0v) is 13.6. The number of hydrogen-bond donors (Lipinski definition) is 2. The van der Waals surface area contributed by atoms with E-state index in [2.05, 4.69) is 5.32 Å². The fourth-order valence-electron chi connectivity index (χ4n) is 2.58. The van der Waals surface area contributed by atoms with Crippen molar-refractivity contribution < 1.29 is 9.90 Å². The predicted octanol–water partition coefficient (Wildman–Crippen LogP) is 3.35. The Labute approximate surface area is 140 Å². The van der Waals surface area contributed by atoms with Crippen LogP contribution in [0.4, 0.5) is 4.79 Å². The van der Waals surface area contributed by atoms with E-state index in [9.17, 15) is 9.90 Å². The summed E-state index contributed by atoms with van der Waals surface area (Å²) in [5.41, 5.74) is 2.08. The van der Waals surface area contributed by atoms with Crippen molar-refractivity contribution in [3.05, 3.63) is 71.8 Å². The number of hydrogen-bond acceptors (Lipinski definition) is 3. The maximum atomic E-state index is 12.6. The Morgan fingerprint density at radius 1 is 1.09 bits per heavy atom. The molecule has 2 aromatic carbocycles. The lowest BCUT2D eigenvalue weighted by molar-refractivity contribution is 0.0229. The Balaban J connectivity index is 1.76. The van der Waals surface area contributed by atoms with Gasteiger partial charge in [-0.1, -0.05) is 60.7 Å². The summed E-state index contributed by atoms with van der Waals surface area (Å²) in [6, 6.07) is 19.4. The van der Waals surface area contributed by atoms with E-state index in [4.69, 9.17) is 0 Å². The van der Waals surface area contributed by atoms with Gasteiger partial charge in [0.2, 0.25) is 0 Å². The highest BCUT2D eigenvalue weighted by molar-refractivity contribution is 7.99. The first-order valence-electron chi connectivity index (χ1n) is 7.70. The molecule has 23 heavy (non-hydrogen) atoms. The second kappa shape index (κ2) is 7.53. The normalized spacial score (nSPS) is 22.1. The SMILES string of the molecule is O=C1N[C@H](c2ccccc2)SCCC(O)N1Cc1ccccc1. The summed E-state index contributed by atoms with van der Waals surface area (Å²) < 4.78 is 0. The molecule has 0 spiro atoms. The Bertz CT molecular complexity index is 636. The van der Waals surface area contributed by atoms with Crippen LogP contribution in [0.25, 0.3) is 0 Å². The Morgan fingerprint density at radius 3 is 2.43 bits per heavy atom. The maximum Gasteiger partial charge on any atom is 0.320 e. The van der Waals surface area contributed by atoms with Crippen molar-refractivity contribution in [2.75, 3.05) is 5.75 Å². The largest absolute Gasteiger partial charge is 0.373 e. The minimum absolute atomic E-state index is 0.0885. The first-order valence-corrected chi connectivity index (χ1v) is 8.74. The summed E-state index contributed by atoms with van der Waals surface area (Å²) in [5, 5.41) is 13.3. The second-order valence-electron chi connectivity index (χ2n) is 5.49. The summed E-state index contributed by atoms with van der Waals surface area (Å²) in [6.07, 6.45) is -0.201. The van der Waals surface area contributed by atoms with Gasteiger partial charge in [0.1, 0.15) is 11.6 Å². The lowest BCUT2D eigenvalue weighted by Gasteiger charge is -2.33. The van der Waals surface area contributed by atoms with E-state index in [-0.39, 0.29) is 11.4 Å². The van der Waals surface area contributed by atoms with E-state index in [0.29, 0.717) is 13.0 Å². The molecule has 1 heterocycles. The quantitative estimate of drug-likeness (QED) is 0.908. The lowest BCUT2D eigenvalue weighted by atomic mass is 10.2. The van der Waals surface area contributed by atoms with E-state index in [1.54, 1.807) is 11.8 Å². The molecule has 120 valence electrons. The van der Waals surface area contributed by atoms with Gasteiger partial charge in [-0.05, 0) is 16.9 Å². The molecule has 2 atom stereocenters. The smallest absolute Gasteiger partial charge is 0.320 e. The molecule has 2 N–H and O–H groups in total. The Kier molecular flexibility index (Phi) is 5.20. The molecule has 2 amide bonds. The van der Waals surface area contributed by atoms with Crippen LogP contribution in [-0.2, 0) is 6.54 Å². The minimum Gasteiger partial charge on any atom is -0.373 e. The summed E-state index contributed by atoms with van der Waals surface area (Å²) in [6.45, 7) is 0.403. The highest BCUT2D eigenvalue weighted by Crippen LogP contribution is 2.29. The van der Waals surface area contributed by atoms with Crippen LogP contribution in [0.1, 0.15) is 22.9 Å². The zero-order valence-electron chi connectivity index (χ0n) is 12.8. The summed E-state index contributed by atoms with van der Waals surface area (Å²) in [7, 11) is 0. The van der Waals surface area contributed by atoms with E-state index in [1.165, 1.54) is 4.90 Å². The van der Waals surface area contributed by atoms with Crippen LogP contribution in [0.5, 0.6) is 0 Å². The van der Waals surface area contributed by atoms with Gasteiger partial charge in [0.25, 0.3) is 0 Å². The number of carbonyl (C=O) groups is 1. The molecule has 4 nitrogen and oxygen atoms in total. The summed E-state index contributed by atoms with van der Waals surface area (Å²) >= 11 is 1.65. The number of carbonyl (C=O) groups excluding carboxylic acids is 1. The number of nitrogens with one attached hydrogen (secondary N) is 1. The van der Waals surface area contributed by atoms with Gasteiger partial charge in [-0.3, -0.25) is 4.90 Å². The Morgan fingerprint density at radius 2 is 1.74 bits per heavy atom. The molecular formula is C18H20N2O2S. The van der Waals surface area contributed by atoms with Gasteiger partial charge < -0.3 is 10.4 Å². The van der Waals surface area contributed by atoms with Crippen LogP contribution in [0.3, 0.4) is 0 Å². The molecule has 0 saturated carbocycles. The molecule has 1 fully saturated rings. The number of urea groups is 1. The van der Waals surface area contributed by atoms with Crippen LogP contribution in [-0.4, -0.2) is 28.0 Å². The van der Waals surface area contributed by atoms with Gasteiger partial charge >= 0.3 is 6.03 Å². The van der Waals surface area contributed by atoms with Crippen molar-refractivity contribution >= 4 is 17.8 Å². The van der Waals surface area contributed by atoms with Crippen LogP contribution < -0.4 is 5.32 Å². The zero-order chi connectivity index (χ0) is 16.1. The van der Waals surface area contributed by atoms with Gasteiger partial charge in [0, 0.05) is 13.0 Å². The number of nitrogens with zero attached hydrogens (tertiary/aromatic N) is 1. The number of aliphatic hydroxyl groups is 1. The van der Waals surface area contributed by atoms with Crippen molar-refractivity contribution in [1.82, 2.24) is 10.2 Å². The minimum atomic E-state index is -0.764. The maximum absolute atomic E-state index is 12.6. The topological polar surface area (TPSA) is 52.6 Å². The first-order chi connectivity index (χ1) is 11.2. The Hall–Kier alpha value is -1.98. The summed E-state index contributed by atoms with van der Waals surface area (Å²) in [4.78, 5) is 14.1. The monoisotopic (exact) mass is 328 g/mol. The van der Waals surface area contributed by atoms with Gasteiger partial charge in [-0.15, -0.1) is 11.8 Å². The third-order valence-electron chi connectivity index (χ3n) is 3.83. The van der Waals surface area contributed by atoms with Crippen molar-refractivity contribution in [2.45, 2.75) is 24.6 Å². The lowest BCUT2D eigenvalue weighted by Crippen LogP contribution is -2.48. The predicted molar refractivity (Wildman–Crippen MR) is 92.8 cm³/mol. The molecular weight excluding hydrogens is 308 g/mol. The van der Waals surface area contributed by atoms with Gasteiger partial charge in [0.05, 0.1) is 0 Å². The molecule has 0 aliphatic carbocycles. The van der Waals surface area contributed by atoms with Gasteiger partial charge in [-0.2, -0.15) is 0 Å². The second-order valence-corrected chi connectivity index (χ2v) is 6.71. The molecule has 2 aromatic rings. The fourth-order valence-corrected chi connectivity index (χ4v) is 3.70. The van der Waals surface area contributed by atoms with Crippen molar-refractivity contribution in [2.24, 2.45) is 0 Å². The third-order valence-corrected chi connectivity index (χ3v) is 5.03. The highest BCUT2D eigenvalue weighted by atomic mass is 32.2. The van der Waals surface area contributed by atoms with Crippen molar-refractivity contribution in [3.8, 4) is 0 Å². The molecule has 5 heteroatoms. The fraction of sp³-hybridized carbons (Fsp3) is 0.278. The molecule has 1 unspecified atom stereocenters. The van der Waals surface area contributed by atoms with E-state index in [0.717, 1.165) is 16.9 Å². The van der Waals surface area contributed by atoms with Crippen LogP contribution in [0.2, 0.25) is 0 Å². The van der Waals surface area contributed by atoms with Gasteiger partial charge in [-0.25, -0.2) is 4.79 Å². The number of rotatable bonds is 3. The number of amides is 2. The molecule has 1 aliphatic rings. The third kappa shape index (κ3) is 4.06. The average Bonchev–Trinajstić information content (AvgIpc) is 2.59. The van der Waals surface area contributed by atoms with E-state index < -0.39 is 6.23 Å². The number of benzene rings is 2. The molecule has 1 saturated heterocycles. The molecule has 3 rings (SSSR count). The van der Waals surface area contributed by atoms with Crippen LogP contribution in [0, 0.1) is 0 Å². The van der Waals surface area contributed by atoms with E-state index >= 15 is 0 Å². The van der Waals surface area contributed by atoms with Crippen LogP contribution >= 0.6 is 11.8 Å². The number of aliphatic hydroxyl groups excluding tert-OH is 1. The molecule has 0 radical (unpaired) electrons.